The Balaban J connectivity index is 1.54. The van der Waals surface area contributed by atoms with Gasteiger partial charge in [0.25, 0.3) is 11.8 Å². The molecule has 1 atom stereocenters. The average molecular weight is 389 g/mol. The van der Waals surface area contributed by atoms with E-state index in [2.05, 4.69) is 0 Å². The maximum Gasteiger partial charge on any atom is 0.263 e. The lowest BCUT2D eigenvalue weighted by Gasteiger charge is -2.36. The van der Waals surface area contributed by atoms with Crippen molar-refractivity contribution in [1.29, 1.82) is 0 Å². The Labute approximate surface area is 162 Å². The van der Waals surface area contributed by atoms with Gasteiger partial charge >= 0.3 is 0 Å². The first kappa shape index (κ1) is 19.0. The van der Waals surface area contributed by atoms with Crippen LogP contribution in [0.4, 0.5) is 0 Å². The first-order valence-electron chi connectivity index (χ1n) is 8.73. The molecule has 1 aliphatic rings. The van der Waals surface area contributed by atoms with E-state index < -0.39 is 6.10 Å². The number of carbonyl (C=O) groups excluding carboxylic acids is 2. The van der Waals surface area contributed by atoms with E-state index in [0.29, 0.717) is 42.5 Å². The van der Waals surface area contributed by atoms with E-state index in [1.54, 1.807) is 53.1 Å². The van der Waals surface area contributed by atoms with Crippen molar-refractivity contribution in [3.8, 4) is 11.5 Å². The van der Waals surface area contributed by atoms with Gasteiger partial charge in [-0.05, 0) is 49.4 Å². The van der Waals surface area contributed by atoms with Crippen molar-refractivity contribution in [3.05, 3.63) is 59.1 Å². The van der Waals surface area contributed by atoms with Crippen molar-refractivity contribution in [2.75, 3.05) is 26.2 Å². The number of amides is 2. The van der Waals surface area contributed by atoms with Crippen molar-refractivity contribution >= 4 is 23.4 Å². The number of halogens is 1. The van der Waals surface area contributed by atoms with E-state index in [9.17, 15) is 14.7 Å². The number of piperazine rings is 1. The van der Waals surface area contributed by atoms with E-state index in [0.717, 1.165) is 0 Å². The summed E-state index contributed by atoms with van der Waals surface area (Å²) in [6.07, 6.45) is -0.648. The number of carbonyl (C=O) groups is 2. The second kappa shape index (κ2) is 8.31. The van der Waals surface area contributed by atoms with Gasteiger partial charge in [-0.1, -0.05) is 17.7 Å². The molecule has 1 N–H and O–H groups in total. The summed E-state index contributed by atoms with van der Waals surface area (Å²) in [6, 6.07) is 13.1. The predicted molar refractivity (Wildman–Crippen MR) is 102 cm³/mol. The molecule has 3 rings (SSSR count). The number of ether oxygens (including phenoxy) is 1. The van der Waals surface area contributed by atoms with Crippen molar-refractivity contribution in [2.24, 2.45) is 0 Å². The van der Waals surface area contributed by atoms with E-state index in [1.807, 2.05) is 0 Å². The molecule has 0 saturated carbocycles. The maximum absolute atomic E-state index is 12.6. The zero-order chi connectivity index (χ0) is 19.4. The Morgan fingerprint density at radius 2 is 1.67 bits per heavy atom. The van der Waals surface area contributed by atoms with E-state index in [4.69, 9.17) is 16.3 Å². The number of aromatic hydroxyl groups is 1. The highest BCUT2D eigenvalue weighted by Gasteiger charge is 2.28. The van der Waals surface area contributed by atoms with E-state index in [1.165, 1.54) is 12.1 Å². The summed E-state index contributed by atoms with van der Waals surface area (Å²) in [5, 5.41) is 9.82. The highest BCUT2D eigenvalue weighted by atomic mass is 35.5. The Kier molecular flexibility index (Phi) is 5.86. The summed E-state index contributed by atoms with van der Waals surface area (Å²) in [7, 11) is 0. The first-order valence-corrected chi connectivity index (χ1v) is 9.11. The average Bonchev–Trinajstić information content (AvgIpc) is 2.68. The summed E-state index contributed by atoms with van der Waals surface area (Å²) >= 11 is 5.95. The zero-order valence-corrected chi connectivity index (χ0v) is 15.7. The molecule has 1 heterocycles. The summed E-state index contributed by atoms with van der Waals surface area (Å²) in [5.74, 6) is 0.446. The SMILES string of the molecule is CC(Oc1ccc(O)cc1)C(=O)N1CCN(C(=O)c2cccc(Cl)c2)CC1. The van der Waals surface area contributed by atoms with Crippen LogP contribution in [0.15, 0.2) is 48.5 Å². The highest BCUT2D eigenvalue weighted by molar-refractivity contribution is 6.30. The van der Waals surface area contributed by atoms with Crippen molar-refractivity contribution < 1.29 is 19.4 Å². The third-order valence-electron chi connectivity index (χ3n) is 4.45. The van der Waals surface area contributed by atoms with Crippen molar-refractivity contribution in [1.82, 2.24) is 9.80 Å². The van der Waals surface area contributed by atoms with Crippen LogP contribution in [0.1, 0.15) is 17.3 Å². The minimum Gasteiger partial charge on any atom is -0.508 e. The Morgan fingerprint density at radius 1 is 1.04 bits per heavy atom. The van der Waals surface area contributed by atoms with Crippen LogP contribution in [0.25, 0.3) is 0 Å². The number of hydrogen-bond donors (Lipinski definition) is 1. The Hall–Kier alpha value is -2.73. The predicted octanol–water partition coefficient (Wildman–Crippen LogP) is 2.80. The van der Waals surface area contributed by atoms with Crippen LogP contribution in [0, 0.1) is 0 Å². The molecule has 0 radical (unpaired) electrons. The molecule has 2 aromatic carbocycles. The molecule has 7 heteroatoms. The minimum atomic E-state index is -0.648. The van der Waals surface area contributed by atoms with E-state index >= 15 is 0 Å². The third kappa shape index (κ3) is 4.71. The summed E-state index contributed by atoms with van der Waals surface area (Å²) in [5.41, 5.74) is 0.548. The lowest BCUT2D eigenvalue weighted by molar-refractivity contribution is -0.139. The molecule has 0 aromatic heterocycles. The van der Waals surface area contributed by atoms with Gasteiger partial charge in [-0.3, -0.25) is 9.59 Å². The smallest absolute Gasteiger partial charge is 0.263 e. The number of nitrogens with zero attached hydrogens (tertiary/aromatic N) is 2. The van der Waals surface area contributed by atoms with Crippen LogP contribution in [0.3, 0.4) is 0 Å². The van der Waals surface area contributed by atoms with Crippen LogP contribution in [-0.4, -0.2) is 59.0 Å². The molecule has 2 aromatic rings. The van der Waals surface area contributed by atoms with Crippen molar-refractivity contribution in [3.63, 3.8) is 0 Å². The minimum absolute atomic E-state index is 0.0852. The maximum atomic E-state index is 12.6. The molecule has 1 saturated heterocycles. The number of rotatable bonds is 4. The van der Waals surface area contributed by atoms with Gasteiger partial charge in [0.1, 0.15) is 11.5 Å². The number of hydrogen-bond acceptors (Lipinski definition) is 4. The van der Waals surface area contributed by atoms with Crippen LogP contribution < -0.4 is 4.74 Å². The number of benzene rings is 2. The topological polar surface area (TPSA) is 70.1 Å². The molecule has 27 heavy (non-hydrogen) atoms. The second-order valence-electron chi connectivity index (χ2n) is 6.38. The van der Waals surface area contributed by atoms with Gasteiger partial charge in [0.05, 0.1) is 0 Å². The van der Waals surface area contributed by atoms with Crippen LogP contribution in [-0.2, 0) is 4.79 Å². The molecule has 0 aliphatic carbocycles. The number of phenolic OH excluding ortho intramolecular Hbond substituents is 1. The second-order valence-corrected chi connectivity index (χ2v) is 6.82. The Bertz CT molecular complexity index is 817. The molecular weight excluding hydrogens is 368 g/mol. The van der Waals surface area contributed by atoms with Crippen LogP contribution >= 0.6 is 11.6 Å². The normalized spacial score (nSPS) is 15.3. The molecule has 142 valence electrons. The van der Waals surface area contributed by atoms with Gasteiger partial charge in [-0.25, -0.2) is 0 Å². The summed E-state index contributed by atoms with van der Waals surface area (Å²) < 4.78 is 5.64. The monoisotopic (exact) mass is 388 g/mol. The lowest BCUT2D eigenvalue weighted by Crippen LogP contribution is -2.53. The van der Waals surface area contributed by atoms with Crippen molar-refractivity contribution in [2.45, 2.75) is 13.0 Å². The molecule has 1 unspecified atom stereocenters. The quantitative estimate of drug-likeness (QED) is 0.874. The zero-order valence-electron chi connectivity index (χ0n) is 15.0. The third-order valence-corrected chi connectivity index (χ3v) is 4.68. The Morgan fingerprint density at radius 3 is 2.30 bits per heavy atom. The summed E-state index contributed by atoms with van der Waals surface area (Å²) in [6.45, 7) is 3.52. The molecule has 0 bridgehead atoms. The fourth-order valence-corrected chi connectivity index (χ4v) is 3.16. The first-order chi connectivity index (χ1) is 12.9. The molecule has 1 aliphatic heterocycles. The van der Waals surface area contributed by atoms with Gasteiger partial charge in [0.15, 0.2) is 6.10 Å². The lowest BCUT2D eigenvalue weighted by atomic mass is 10.1. The highest BCUT2D eigenvalue weighted by Crippen LogP contribution is 2.19. The van der Waals surface area contributed by atoms with Gasteiger partial charge in [-0.15, -0.1) is 0 Å². The fourth-order valence-electron chi connectivity index (χ4n) is 2.97. The molecule has 1 fully saturated rings. The van der Waals surface area contributed by atoms with Crippen LogP contribution in [0.5, 0.6) is 11.5 Å². The van der Waals surface area contributed by atoms with Crippen LogP contribution in [0.2, 0.25) is 5.02 Å². The van der Waals surface area contributed by atoms with Gasteiger partial charge < -0.3 is 19.6 Å². The van der Waals surface area contributed by atoms with Gasteiger partial charge in [-0.2, -0.15) is 0 Å². The summed E-state index contributed by atoms with van der Waals surface area (Å²) in [4.78, 5) is 28.6. The molecule has 2 amide bonds. The number of phenols is 1. The molecule has 6 nitrogen and oxygen atoms in total. The standard InChI is InChI=1S/C20H21ClN2O4/c1-14(27-18-7-5-17(24)6-8-18)19(25)22-9-11-23(12-10-22)20(26)15-3-2-4-16(21)13-15/h2-8,13-14,24H,9-12H2,1H3. The molecule has 0 spiro atoms. The van der Waals surface area contributed by atoms with Gasteiger partial charge in [0, 0.05) is 36.8 Å². The van der Waals surface area contributed by atoms with E-state index in [-0.39, 0.29) is 17.6 Å². The van der Waals surface area contributed by atoms with Gasteiger partial charge in [0.2, 0.25) is 0 Å². The largest absolute Gasteiger partial charge is 0.508 e. The molecular formula is C20H21ClN2O4. The fraction of sp³-hybridized carbons (Fsp3) is 0.300.